The van der Waals surface area contributed by atoms with Gasteiger partial charge in [0.1, 0.15) is 29.8 Å². The Morgan fingerprint density at radius 2 is 1.91 bits per heavy atom. The zero-order valence-corrected chi connectivity index (χ0v) is 12.6. The molecule has 1 unspecified atom stereocenters. The Hall–Kier alpha value is -2.79. The van der Waals surface area contributed by atoms with Gasteiger partial charge in [0.2, 0.25) is 0 Å². The molecule has 0 aliphatic rings. The molecule has 0 amide bonds. The van der Waals surface area contributed by atoms with Crippen LogP contribution in [0.25, 0.3) is 11.0 Å². The number of hydrogen-bond donors (Lipinski definition) is 1. The van der Waals surface area contributed by atoms with E-state index in [9.17, 15) is 9.90 Å². The first kappa shape index (κ1) is 15.1. The van der Waals surface area contributed by atoms with E-state index in [4.69, 9.17) is 9.15 Å². The number of fused-ring (bicyclic) bond motifs is 1. The number of carbonyl (C=O) groups is 1. The van der Waals surface area contributed by atoms with Gasteiger partial charge in [0, 0.05) is 5.39 Å². The van der Waals surface area contributed by atoms with Crippen LogP contribution in [0, 0.1) is 0 Å². The summed E-state index contributed by atoms with van der Waals surface area (Å²) in [6.45, 7) is 0.0530. The van der Waals surface area contributed by atoms with E-state index in [2.05, 4.69) is 4.74 Å². The molecule has 3 rings (SSSR count). The predicted molar refractivity (Wildman–Crippen MR) is 84.5 cm³/mol. The van der Waals surface area contributed by atoms with Crippen molar-refractivity contribution >= 4 is 16.9 Å². The van der Waals surface area contributed by atoms with Gasteiger partial charge in [0.05, 0.1) is 12.7 Å². The van der Waals surface area contributed by atoms with Gasteiger partial charge in [0.15, 0.2) is 0 Å². The largest absolute Gasteiger partial charge is 0.490 e. The van der Waals surface area contributed by atoms with Gasteiger partial charge in [-0.05, 0) is 36.4 Å². The van der Waals surface area contributed by atoms with E-state index in [0.717, 1.165) is 11.0 Å². The van der Waals surface area contributed by atoms with Gasteiger partial charge in [-0.3, -0.25) is 0 Å². The maximum absolute atomic E-state index is 11.3. The van der Waals surface area contributed by atoms with E-state index in [1.807, 2.05) is 24.3 Å². The van der Waals surface area contributed by atoms with Gasteiger partial charge in [0.25, 0.3) is 0 Å². The van der Waals surface area contributed by atoms with Gasteiger partial charge in [-0.15, -0.1) is 0 Å². The lowest BCUT2D eigenvalue weighted by molar-refractivity contribution is 0.0600. The van der Waals surface area contributed by atoms with Crippen molar-refractivity contribution in [3.8, 4) is 5.75 Å². The van der Waals surface area contributed by atoms with E-state index in [1.54, 1.807) is 30.3 Å². The average Bonchev–Trinajstić information content (AvgIpc) is 3.03. The molecule has 23 heavy (non-hydrogen) atoms. The molecule has 3 aromatic rings. The van der Waals surface area contributed by atoms with Gasteiger partial charge in [-0.2, -0.15) is 0 Å². The van der Waals surface area contributed by atoms with Crippen molar-refractivity contribution in [3.63, 3.8) is 0 Å². The SMILES string of the molecule is COC(=O)c1ccc(OCC(O)c2cc3ccccc3o2)cc1. The minimum atomic E-state index is -0.873. The molecule has 0 radical (unpaired) electrons. The molecule has 1 N–H and O–H groups in total. The van der Waals surface area contributed by atoms with E-state index in [-0.39, 0.29) is 6.61 Å². The number of rotatable bonds is 5. The zero-order valence-electron chi connectivity index (χ0n) is 12.6. The molecule has 118 valence electrons. The Kier molecular flexibility index (Phi) is 4.30. The number of esters is 1. The molecule has 5 nitrogen and oxygen atoms in total. The molecule has 0 aliphatic heterocycles. The smallest absolute Gasteiger partial charge is 0.337 e. The highest BCUT2D eigenvalue weighted by atomic mass is 16.5. The summed E-state index contributed by atoms with van der Waals surface area (Å²) < 4.78 is 15.7. The number of para-hydroxylation sites is 1. The molecule has 5 heteroatoms. The van der Waals surface area contributed by atoms with Gasteiger partial charge >= 0.3 is 5.97 Å². The van der Waals surface area contributed by atoms with Crippen LogP contribution in [-0.2, 0) is 4.74 Å². The quantitative estimate of drug-likeness (QED) is 0.732. The molecule has 0 saturated heterocycles. The molecule has 0 bridgehead atoms. The predicted octanol–water partition coefficient (Wildman–Crippen LogP) is 3.33. The van der Waals surface area contributed by atoms with Crippen LogP contribution < -0.4 is 4.74 Å². The first-order chi connectivity index (χ1) is 11.2. The topological polar surface area (TPSA) is 68.9 Å². The summed E-state index contributed by atoms with van der Waals surface area (Å²) >= 11 is 0. The van der Waals surface area contributed by atoms with Crippen LogP contribution in [0.1, 0.15) is 22.2 Å². The van der Waals surface area contributed by atoms with E-state index in [1.165, 1.54) is 7.11 Å². The number of furan rings is 1. The number of aliphatic hydroxyl groups is 1. The van der Waals surface area contributed by atoms with Crippen LogP contribution in [0.2, 0.25) is 0 Å². The lowest BCUT2D eigenvalue weighted by Gasteiger charge is -2.10. The number of benzene rings is 2. The summed E-state index contributed by atoms with van der Waals surface area (Å²) in [4.78, 5) is 11.3. The fourth-order valence-electron chi connectivity index (χ4n) is 2.23. The van der Waals surface area contributed by atoms with Crippen LogP contribution in [0.15, 0.2) is 59.0 Å². The maximum Gasteiger partial charge on any atom is 0.337 e. The van der Waals surface area contributed by atoms with Crippen LogP contribution >= 0.6 is 0 Å². The lowest BCUT2D eigenvalue weighted by atomic mass is 10.2. The molecule has 0 saturated carbocycles. The van der Waals surface area contributed by atoms with Crippen molar-refractivity contribution < 1.29 is 23.8 Å². The number of hydrogen-bond acceptors (Lipinski definition) is 5. The van der Waals surface area contributed by atoms with Crippen LogP contribution in [0.5, 0.6) is 5.75 Å². The van der Waals surface area contributed by atoms with Crippen molar-refractivity contribution in [2.45, 2.75) is 6.10 Å². The second-order valence-corrected chi connectivity index (χ2v) is 5.03. The number of aliphatic hydroxyl groups excluding tert-OH is 1. The maximum atomic E-state index is 11.3. The third-order valence-electron chi connectivity index (χ3n) is 3.46. The van der Waals surface area contributed by atoms with Crippen molar-refractivity contribution in [3.05, 3.63) is 65.9 Å². The number of methoxy groups -OCH3 is 1. The Bertz CT molecular complexity index is 771. The van der Waals surface area contributed by atoms with Crippen molar-refractivity contribution in [1.82, 2.24) is 0 Å². The lowest BCUT2D eigenvalue weighted by Crippen LogP contribution is -2.09. The summed E-state index contributed by atoms with van der Waals surface area (Å²) in [6, 6.07) is 15.9. The van der Waals surface area contributed by atoms with Crippen LogP contribution in [-0.4, -0.2) is 24.8 Å². The van der Waals surface area contributed by atoms with E-state index in [0.29, 0.717) is 17.1 Å². The van der Waals surface area contributed by atoms with Crippen LogP contribution in [0.3, 0.4) is 0 Å². The van der Waals surface area contributed by atoms with Gasteiger partial charge in [-0.25, -0.2) is 4.79 Å². The third-order valence-corrected chi connectivity index (χ3v) is 3.46. The number of carbonyl (C=O) groups excluding carboxylic acids is 1. The Morgan fingerprint density at radius 1 is 1.17 bits per heavy atom. The van der Waals surface area contributed by atoms with Crippen molar-refractivity contribution in [2.75, 3.05) is 13.7 Å². The highest BCUT2D eigenvalue weighted by Crippen LogP contribution is 2.24. The fourth-order valence-corrected chi connectivity index (χ4v) is 2.23. The highest BCUT2D eigenvalue weighted by Gasteiger charge is 2.14. The first-order valence-corrected chi connectivity index (χ1v) is 7.15. The monoisotopic (exact) mass is 312 g/mol. The summed E-state index contributed by atoms with van der Waals surface area (Å²) in [7, 11) is 1.33. The standard InChI is InChI=1S/C18H16O5/c1-21-18(20)12-6-8-14(9-7-12)22-11-15(19)17-10-13-4-2-3-5-16(13)23-17/h2-10,15,19H,11H2,1H3. The van der Waals surface area contributed by atoms with E-state index >= 15 is 0 Å². The molecule has 0 aliphatic carbocycles. The zero-order chi connectivity index (χ0) is 16.2. The Morgan fingerprint density at radius 3 is 2.61 bits per heavy atom. The van der Waals surface area contributed by atoms with Crippen molar-refractivity contribution in [1.29, 1.82) is 0 Å². The normalized spacial score (nSPS) is 12.1. The molecule has 2 aromatic carbocycles. The van der Waals surface area contributed by atoms with Gasteiger partial charge in [-0.1, -0.05) is 18.2 Å². The average molecular weight is 312 g/mol. The second kappa shape index (κ2) is 6.54. The molecule has 1 aromatic heterocycles. The summed E-state index contributed by atoms with van der Waals surface area (Å²) in [6.07, 6.45) is -0.873. The molecule has 0 spiro atoms. The molecule has 1 heterocycles. The summed E-state index contributed by atoms with van der Waals surface area (Å²) in [5.41, 5.74) is 1.17. The van der Waals surface area contributed by atoms with Crippen molar-refractivity contribution in [2.24, 2.45) is 0 Å². The van der Waals surface area contributed by atoms with E-state index < -0.39 is 12.1 Å². The Labute approximate surface area is 133 Å². The third kappa shape index (κ3) is 3.35. The van der Waals surface area contributed by atoms with Gasteiger partial charge < -0.3 is 19.0 Å². The minimum Gasteiger partial charge on any atom is -0.490 e. The number of ether oxygens (including phenoxy) is 2. The minimum absolute atomic E-state index is 0.0530. The molecular formula is C18H16O5. The molecule has 0 fully saturated rings. The summed E-state index contributed by atoms with van der Waals surface area (Å²) in [5.74, 6) is 0.601. The molecular weight excluding hydrogens is 296 g/mol. The van der Waals surface area contributed by atoms with Crippen LogP contribution in [0.4, 0.5) is 0 Å². The first-order valence-electron chi connectivity index (χ1n) is 7.15. The summed E-state index contributed by atoms with van der Waals surface area (Å²) in [5, 5.41) is 11.1. The fraction of sp³-hybridized carbons (Fsp3) is 0.167. The second-order valence-electron chi connectivity index (χ2n) is 5.03. The Balaban J connectivity index is 1.64. The highest BCUT2D eigenvalue weighted by molar-refractivity contribution is 5.89. The molecule has 1 atom stereocenters.